The lowest BCUT2D eigenvalue weighted by Crippen LogP contribution is -1.98. The number of hydrogen-bond acceptors (Lipinski definition) is 4. The van der Waals surface area contributed by atoms with Crippen LogP contribution < -0.4 is 4.74 Å². The molecular weight excluding hydrogens is 605 g/mol. The molecule has 0 spiro atoms. The van der Waals surface area contributed by atoms with Crippen molar-refractivity contribution in [3.05, 3.63) is 151 Å². The zero-order valence-corrected chi connectivity index (χ0v) is 27.4. The number of aryl methyl sites for hydroxylation is 2. The van der Waals surface area contributed by atoms with E-state index >= 15 is 0 Å². The number of para-hydroxylation sites is 4. The summed E-state index contributed by atoms with van der Waals surface area (Å²) in [6.07, 6.45) is 1.83. The maximum atomic E-state index is 6.78. The third-order valence-electron chi connectivity index (χ3n) is 9.29. The maximum Gasteiger partial charge on any atom is 0.141 e. The largest absolute Gasteiger partial charge is 0.457 e. The minimum Gasteiger partial charge on any atom is -0.457 e. The number of fused-ring (bicyclic) bond motifs is 4. The first-order chi connectivity index (χ1) is 24.0. The van der Waals surface area contributed by atoms with Crippen molar-refractivity contribution in [2.75, 3.05) is 0 Å². The van der Waals surface area contributed by atoms with Gasteiger partial charge in [0.2, 0.25) is 0 Å². The predicted octanol–water partition coefficient (Wildman–Crippen LogP) is 9.99. The van der Waals surface area contributed by atoms with E-state index in [4.69, 9.17) is 19.8 Å². The van der Waals surface area contributed by atoms with Crippen LogP contribution in [-0.4, -0.2) is 28.9 Å². The molecule has 0 saturated heterocycles. The fourth-order valence-corrected chi connectivity index (χ4v) is 7.10. The Balaban J connectivity index is 1.22. The molecule has 0 amide bonds. The summed E-state index contributed by atoms with van der Waals surface area (Å²) in [5, 5.41) is 7.27. The topological polar surface area (TPSA) is 62.7 Å². The van der Waals surface area contributed by atoms with Gasteiger partial charge in [-0.2, -0.15) is 5.10 Å². The molecule has 9 rings (SSSR count). The number of ether oxygens (including phenoxy) is 1. The lowest BCUT2D eigenvalue weighted by Gasteiger charge is -2.13. The van der Waals surface area contributed by atoms with E-state index in [1.54, 1.807) is 0 Å². The third kappa shape index (κ3) is 4.78. The summed E-state index contributed by atoms with van der Waals surface area (Å²) in [6, 6.07) is 45.6. The van der Waals surface area contributed by atoms with Gasteiger partial charge in [-0.05, 0) is 92.2 Å². The van der Waals surface area contributed by atoms with Crippen molar-refractivity contribution in [2.45, 2.75) is 13.8 Å². The Hall–Kier alpha value is -6.47. The van der Waals surface area contributed by atoms with Crippen LogP contribution >= 0.6 is 0 Å². The minimum absolute atomic E-state index is 0.714. The zero-order chi connectivity index (χ0) is 33.1. The molecule has 7 heteroatoms. The average molecular weight is 637 g/mol. The smallest absolute Gasteiger partial charge is 0.141 e. The molecule has 236 valence electrons. The van der Waals surface area contributed by atoms with Gasteiger partial charge in [-0.1, -0.05) is 54.6 Å². The molecule has 0 unspecified atom stereocenters. The van der Waals surface area contributed by atoms with Crippen molar-refractivity contribution in [1.82, 2.24) is 28.9 Å². The van der Waals surface area contributed by atoms with Gasteiger partial charge in [0.25, 0.3) is 0 Å². The highest BCUT2D eigenvalue weighted by molar-refractivity contribution is 6.09. The number of rotatable bonds is 6. The Morgan fingerprint density at radius 1 is 0.612 bits per heavy atom. The molecule has 0 radical (unpaired) electrons. The first-order valence-electron chi connectivity index (χ1n) is 16.3. The normalized spacial score (nSPS) is 11.6. The SMILES string of the molecule is Cc1nn(-c2ccccc2)c(C)c1-c1cc(Oc2ccc3c4ccccc4n(-c4ccccn4)c3c2)cc(-c2nc3ccccc3n2C)c1. The second kappa shape index (κ2) is 11.3. The van der Waals surface area contributed by atoms with E-state index in [1.807, 2.05) is 71.5 Å². The molecule has 4 aromatic heterocycles. The maximum absolute atomic E-state index is 6.78. The molecule has 0 aliphatic heterocycles. The Labute approximate surface area is 283 Å². The van der Waals surface area contributed by atoms with E-state index in [-0.39, 0.29) is 0 Å². The van der Waals surface area contributed by atoms with Crippen LogP contribution in [0, 0.1) is 13.8 Å². The van der Waals surface area contributed by atoms with Crippen LogP contribution in [0.25, 0.3) is 66.9 Å². The van der Waals surface area contributed by atoms with Crippen LogP contribution in [0.2, 0.25) is 0 Å². The van der Waals surface area contributed by atoms with Crippen LogP contribution in [0.4, 0.5) is 0 Å². The van der Waals surface area contributed by atoms with Crippen molar-refractivity contribution < 1.29 is 4.74 Å². The Kier molecular flexibility index (Phi) is 6.65. The van der Waals surface area contributed by atoms with Gasteiger partial charge in [-0.25, -0.2) is 14.6 Å². The Bertz CT molecular complexity index is 2670. The predicted molar refractivity (Wildman–Crippen MR) is 197 cm³/mol. The molecule has 0 N–H and O–H groups in total. The van der Waals surface area contributed by atoms with Crippen molar-refractivity contribution in [3.63, 3.8) is 0 Å². The molecule has 5 aromatic carbocycles. The average Bonchev–Trinajstić information content (AvgIpc) is 3.76. The van der Waals surface area contributed by atoms with Gasteiger partial charge in [-0.15, -0.1) is 0 Å². The van der Waals surface area contributed by atoms with Gasteiger partial charge >= 0.3 is 0 Å². The number of imidazole rings is 1. The molecule has 9 aromatic rings. The lowest BCUT2D eigenvalue weighted by atomic mass is 10.0. The molecule has 7 nitrogen and oxygen atoms in total. The monoisotopic (exact) mass is 636 g/mol. The van der Waals surface area contributed by atoms with E-state index in [2.05, 4.69) is 103 Å². The molecule has 0 aliphatic rings. The standard InChI is InChI=1S/C42H32N6O/c1-27-41(28(2)48(45-27)31-13-5-4-6-14-31)29-23-30(42-44-36-16-8-10-18-38(36)46(42)3)25-33(24-29)49-32-20-21-35-34-15-7-9-17-37(34)47(39(35)26-32)40-19-11-12-22-43-40/h4-26H,1-3H3. The molecule has 0 atom stereocenters. The van der Waals surface area contributed by atoms with Gasteiger partial charge in [0.15, 0.2) is 0 Å². The number of aromatic nitrogens is 6. The fraction of sp³-hybridized carbons (Fsp3) is 0.0714. The summed E-state index contributed by atoms with van der Waals surface area (Å²) in [4.78, 5) is 9.75. The van der Waals surface area contributed by atoms with E-state index < -0.39 is 0 Å². The summed E-state index contributed by atoms with van der Waals surface area (Å²) >= 11 is 0. The summed E-state index contributed by atoms with van der Waals surface area (Å²) in [7, 11) is 2.06. The molecule has 4 heterocycles. The first kappa shape index (κ1) is 28.7. The van der Waals surface area contributed by atoms with Crippen LogP contribution in [0.15, 0.2) is 140 Å². The zero-order valence-electron chi connectivity index (χ0n) is 27.4. The van der Waals surface area contributed by atoms with E-state index in [0.717, 1.165) is 78.6 Å². The van der Waals surface area contributed by atoms with Crippen LogP contribution in [0.1, 0.15) is 11.4 Å². The van der Waals surface area contributed by atoms with Crippen LogP contribution in [-0.2, 0) is 7.05 Å². The summed E-state index contributed by atoms with van der Waals surface area (Å²) in [5.74, 6) is 3.17. The van der Waals surface area contributed by atoms with Crippen molar-refractivity contribution in [1.29, 1.82) is 0 Å². The lowest BCUT2D eigenvalue weighted by molar-refractivity contribution is 0.483. The van der Waals surface area contributed by atoms with Crippen molar-refractivity contribution in [3.8, 4) is 45.5 Å². The van der Waals surface area contributed by atoms with Gasteiger partial charge in [0, 0.05) is 46.9 Å². The first-order valence-corrected chi connectivity index (χ1v) is 16.3. The van der Waals surface area contributed by atoms with Crippen LogP contribution in [0.5, 0.6) is 11.5 Å². The fourth-order valence-electron chi connectivity index (χ4n) is 7.10. The van der Waals surface area contributed by atoms with E-state index in [9.17, 15) is 0 Å². The molecular formula is C42H32N6O. The quantitative estimate of drug-likeness (QED) is 0.182. The van der Waals surface area contributed by atoms with Gasteiger partial charge in [0.05, 0.1) is 33.4 Å². The number of nitrogens with zero attached hydrogens (tertiary/aromatic N) is 6. The highest BCUT2D eigenvalue weighted by Crippen LogP contribution is 2.39. The second-order valence-electron chi connectivity index (χ2n) is 12.3. The minimum atomic E-state index is 0.714. The van der Waals surface area contributed by atoms with Gasteiger partial charge in [0.1, 0.15) is 23.1 Å². The number of benzene rings is 5. The summed E-state index contributed by atoms with van der Waals surface area (Å²) in [5.41, 5.74) is 10.2. The molecule has 49 heavy (non-hydrogen) atoms. The van der Waals surface area contributed by atoms with Gasteiger partial charge < -0.3 is 9.30 Å². The Morgan fingerprint density at radius 3 is 2.16 bits per heavy atom. The molecule has 0 aliphatic carbocycles. The van der Waals surface area contributed by atoms with E-state index in [1.165, 1.54) is 5.39 Å². The van der Waals surface area contributed by atoms with E-state index in [0.29, 0.717) is 5.75 Å². The molecule has 0 bridgehead atoms. The summed E-state index contributed by atoms with van der Waals surface area (Å²) < 4.78 is 13.1. The van der Waals surface area contributed by atoms with Crippen molar-refractivity contribution >= 4 is 32.8 Å². The second-order valence-corrected chi connectivity index (χ2v) is 12.3. The number of hydrogen-bond donors (Lipinski definition) is 0. The highest BCUT2D eigenvalue weighted by atomic mass is 16.5. The summed E-state index contributed by atoms with van der Waals surface area (Å²) in [6.45, 7) is 4.18. The molecule has 0 saturated carbocycles. The Morgan fingerprint density at radius 2 is 1.35 bits per heavy atom. The molecule has 0 fully saturated rings. The van der Waals surface area contributed by atoms with Crippen LogP contribution in [0.3, 0.4) is 0 Å². The highest BCUT2D eigenvalue weighted by Gasteiger charge is 2.20. The van der Waals surface area contributed by atoms with Crippen molar-refractivity contribution in [2.24, 2.45) is 7.05 Å². The number of pyridine rings is 1. The van der Waals surface area contributed by atoms with Gasteiger partial charge in [-0.3, -0.25) is 4.57 Å². The third-order valence-corrected chi connectivity index (χ3v) is 9.29.